The molecule has 2 aromatic rings. The van der Waals surface area contributed by atoms with Crippen LogP contribution in [0.25, 0.3) is 0 Å². The van der Waals surface area contributed by atoms with Crippen molar-refractivity contribution in [2.24, 2.45) is 0 Å². The molecule has 3 rings (SSSR count). The number of fused-ring (bicyclic) bond motifs is 1. The molecule has 0 radical (unpaired) electrons. The first kappa shape index (κ1) is 21.0. The van der Waals surface area contributed by atoms with E-state index in [1.54, 1.807) is 31.2 Å². The first-order chi connectivity index (χ1) is 14.0. The average Bonchev–Trinajstić information content (AvgIpc) is 3.08. The predicted molar refractivity (Wildman–Crippen MR) is 114 cm³/mol. The van der Waals surface area contributed by atoms with Crippen LogP contribution in [0.2, 0.25) is 0 Å². The minimum atomic E-state index is -0.360. The zero-order valence-corrected chi connectivity index (χ0v) is 17.4. The SMILES string of the molecule is CC(CC(=O)NNC(=O)c1cc2c(s1)CCCCCC2)NC(=O)c1ccccc1. The summed E-state index contributed by atoms with van der Waals surface area (Å²) in [7, 11) is 0. The number of amides is 3. The number of carbonyl (C=O) groups is 3. The largest absolute Gasteiger partial charge is 0.349 e. The molecule has 1 aliphatic rings. The summed E-state index contributed by atoms with van der Waals surface area (Å²) in [5, 5.41) is 2.78. The third-order valence-corrected chi connectivity index (χ3v) is 6.18. The molecule has 0 saturated heterocycles. The van der Waals surface area contributed by atoms with E-state index >= 15 is 0 Å². The van der Waals surface area contributed by atoms with Gasteiger partial charge in [0.15, 0.2) is 0 Å². The van der Waals surface area contributed by atoms with Crippen LogP contribution >= 0.6 is 11.3 Å². The molecule has 1 aliphatic carbocycles. The van der Waals surface area contributed by atoms with Gasteiger partial charge < -0.3 is 5.32 Å². The van der Waals surface area contributed by atoms with Gasteiger partial charge in [0.25, 0.3) is 11.8 Å². The van der Waals surface area contributed by atoms with Gasteiger partial charge in [0.1, 0.15) is 0 Å². The van der Waals surface area contributed by atoms with Crippen molar-refractivity contribution in [3.05, 3.63) is 57.3 Å². The molecule has 0 spiro atoms. The van der Waals surface area contributed by atoms with Gasteiger partial charge >= 0.3 is 0 Å². The number of hydrogen-bond donors (Lipinski definition) is 3. The van der Waals surface area contributed by atoms with E-state index in [0.29, 0.717) is 10.4 Å². The smallest absolute Gasteiger partial charge is 0.279 e. The summed E-state index contributed by atoms with van der Waals surface area (Å²) in [5.74, 6) is -0.879. The lowest BCUT2D eigenvalue weighted by Gasteiger charge is -2.14. The van der Waals surface area contributed by atoms with Crippen molar-refractivity contribution in [3.63, 3.8) is 0 Å². The van der Waals surface area contributed by atoms with Gasteiger partial charge in [0, 0.05) is 22.9 Å². The Kier molecular flexibility index (Phi) is 7.41. The number of rotatable bonds is 5. The maximum Gasteiger partial charge on any atom is 0.279 e. The van der Waals surface area contributed by atoms with E-state index in [-0.39, 0.29) is 30.2 Å². The zero-order valence-electron chi connectivity index (χ0n) is 16.6. The lowest BCUT2D eigenvalue weighted by molar-refractivity contribution is -0.122. The predicted octanol–water partition coefficient (Wildman–Crippen LogP) is 3.38. The van der Waals surface area contributed by atoms with Gasteiger partial charge in [-0.3, -0.25) is 25.2 Å². The molecule has 1 atom stereocenters. The summed E-state index contributed by atoms with van der Waals surface area (Å²) >= 11 is 1.52. The van der Waals surface area contributed by atoms with Crippen LogP contribution in [0.1, 0.15) is 69.5 Å². The van der Waals surface area contributed by atoms with Crippen molar-refractivity contribution in [3.8, 4) is 0 Å². The number of carbonyl (C=O) groups excluding carboxylic acids is 3. The molecule has 1 unspecified atom stereocenters. The van der Waals surface area contributed by atoms with Crippen LogP contribution in [0.3, 0.4) is 0 Å². The fourth-order valence-corrected chi connectivity index (χ4v) is 4.57. The van der Waals surface area contributed by atoms with E-state index in [2.05, 4.69) is 16.2 Å². The number of aryl methyl sites for hydroxylation is 2. The molecular formula is C22H27N3O3S. The van der Waals surface area contributed by atoms with Crippen molar-refractivity contribution < 1.29 is 14.4 Å². The highest BCUT2D eigenvalue weighted by Gasteiger charge is 2.17. The lowest BCUT2D eigenvalue weighted by Crippen LogP contribution is -2.44. The molecule has 0 aliphatic heterocycles. The monoisotopic (exact) mass is 413 g/mol. The van der Waals surface area contributed by atoms with Gasteiger partial charge in [0.2, 0.25) is 5.91 Å². The van der Waals surface area contributed by atoms with Gasteiger partial charge in [-0.25, -0.2) is 0 Å². The topological polar surface area (TPSA) is 87.3 Å². The third-order valence-electron chi connectivity index (χ3n) is 4.94. The molecular weight excluding hydrogens is 386 g/mol. The number of thiophene rings is 1. The fourth-order valence-electron chi connectivity index (χ4n) is 3.42. The summed E-state index contributed by atoms with van der Waals surface area (Å²) in [5.41, 5.74) is 6.75. The lowest BCUT2D eigenvalue weighted by atomic mass is 10.00. The Morgan fingerprint density at radius 1 is 0.966 bits per heavy atom. The van der Waals surface area contributed by atoms with Crippen molar-refractivity contribution in [2.45, 2.75) is 57.9 Å². The molecule has 1 aromatic carbocycles. The first-order valence-electron chi connectivity index (χ1n) is 10.1. The zero-order chi connectivity index (χ0) is 20.6. The van der Waals surface area contributed by atoms with E-state index < -0.39 is 0 Å². The Morgan fingerprint density at radius 2 is 1.69 bits per heavy atom. The maximum atomic E-state index is 12.4. The number of hydrogen-bond acceptors (Lipinski definition) is 4. The first-order valence-corrected chi connectivity index (χ1v) is 10.9. The summed E-state index contributed by atoms with van der Waals surface area (Å²) in [6.07, 6.45) is 6.92. The molecule has 0 bridgehead atoms. The minimum absolute atomic E-state index is 0.0692. The maximum absolute atomic E-state index is 12.4. The molecule has 0 saturated carbocycles. The Morgan fingerprint density at radius 3 is 2.45 bits per heavy atom. The summed E-state index contributed by atoms with van der Waals surface area (Å²) < 4.78 is 0. The summed E-state index contributed by atoms with van der Waals surface area (Å²) in [4.78, 5) is 38.6. The molecule has 3 amide bonds. The normalized spacial score (nSPS) is 14.7. The van der Waals surface area contributed by atoms with Crippen LogP contribution in [-0.2, 0) is 17.6 Å². The molecule has 29 heavy (non-hydrogen) atoms. The third kappa shape index (κ3) is 6.15. The molecule has 6 nitrogen and oxygen atoms in total. The highest BCUT2D eigenvalue weighted by atomic mass is 32.1. The van der Waals surface area contributed by atoms with E-state index in [1.807, 2.05) is 12.1 Å². The summed E-state index contributed by atoms with van der Waals surface area (Å²) in [6.45, 7) is 1.75. The molecule has 1 heterocycles. The molecule has 154 valence electrons. The molecule has 7 heteroatoms. The second-order valence-electron chi connectivity index (χ2n) is 7.42. The second-order valence-corrected chi connectivity index (χ2v) is 8.56. The number of benzene rings is 1. The van der Waals surface area contributed by atoms with Crippen LogP contribution in [0.5, 0.6) is 0 Å². The number of nitrogens with one attached hydrogen (secondary N) is 3. The van der Waals surface area contributed by atoms with Crippen molar-refractivity contribution in [2.75, 3.05) is 0 Å². The Hall–Kier alpha value is -2.67. The van der Waals surface area contributed by atoms with Gasteiger partial charge in [-0.1, -0.05) is 31.0 Å². The molecule has 3 N–H and O–H groups in total. The quantitative estimate of drug-likeness (QED) is 0.657. The van der Waals surface area contributed by atoms with Crippen molar-refractivity contribution in [1.82, 2.24) is 16.2 Å². The van der Waals surface area contributed by atoms with Gasteiger partial charge in [-0.05, 0) is 56.4 Å². The van der Waals surface area contributed by atoms with Crippen LogP contribution in [0.4, 0.5) is 0 Å². The van der Waals surface area contributed by atoms with E-state index in [0.717, 1.165) is 25.7 Å². The van der Waals surface area contributed by atoms with Crippen molar-refractivity contribution in [1.29, 1.82) is 0 Å². The fraction of sp³-hybridized carbons (Fsp3) is 0.409. The van der Waals surface area contributed by atoms with Crippen LogP contribution < -0.4 is 16.2 Å². The second kappa shape index (κ2) is 10.2. The Bertz CT molecular complexity index is 838. The summed E-state index contributed by atoms with van der Waals surface area (Å²) in [6, 6.07) is 10.4. The van der Waals surface area contributed by atoms with E-state index in [9.17, 15) is 14.4 Å². The van der Waals surface area contributed by atoms with Gasteiger partial charge in [-0.2, -0.15) is 0 Å². The highest BCUT2D eigenvalue weighted by molar-refractivity contribution is 7.14. The van der Waals surface area contributed by atoms with Crippen molar-refractivity contribution >= 4 is 29.1 Å². The standard InChI is InChI=1S/C22H27N3O3S/c1-15(23-21(27)16-9-6-4-7-10-16)13-20(26)24-25-22(28)19-14-17-11-5-2-3-8-12-18(17)29-19/h4,6-7,9-10,14-15H,2-3,5,8,11-13H2,1H3,(H,23,27)(H,24,26)(H,25,28). The van der Waals surface area contributed by atoms with Gasteiger partial charge in [0.05, 0.1) is 4.88 Å². The molecule has 0 fully saturated rings. The van der Waals surface area contributed by atoms with E-state index in [1.165, 1.54) is 34.6 Å². The van der Waals surface area contributed by atoms with Crippen LogP contribution in [0.15, 0.2) is 36.4 Å². The highest BCUT2D eigenvalue weighted by Crippen LogP contribution is 2.28. The average molecular weight is 414 g/mol. The van der Waals surface area contributed by atoms with E-state index in [4.69, 9.17) is 0 Å². The van der Waals surface area contributed by atoms with Crippen LogP contribution in [-0.4, -0.2) is 23.8 Å². The Labute approximate surface area is 175 Å². The number of hydrazine groups is 1. The van der Waals surface area contributed by atoms with Gasteiger partial charge in [-0.15, -0.1) is 11.3 Å². The Balaban J connectivity index is 1.45. The minimum Gasteiger partial charge on any atom is -0.349 e. The molecule has 1 aromatic heterocycles. The van der Waals surface area contributed by atoms with Crippen LogP contribution in [0, 0.1) is 0 Å².